The van der Waals surface area contributed by atoms with Gasteiger partial charge in [0.1, 0.15) is 12.6 Å². The van der Waals surface area contributed by atoms with Crippen LogP contribution < -0.4 is 0 Å². The van der Waals surface area contributed by atoms with E-state index in [-0.39, 0.29) is 25.2 Å². The van der Waals surface area contributed by atoms with Crippen molar-refractivity contribution in [1.29, 1.82) is 0 Å². The summed E-state index contributed by atoms with van der Waals surface area (Å²) in [5, 5.41) is 0. The molecule has 6 heteroatoms. The van der Waals surface area contributed by atoms with Gasteiger partial charge in [-0.2, -0.15) is 0 Å². The first kappa shape index (κ1) is 17.3. The van der Waals surface area contributed by atoms with Crippen molar-refractivity contribution in [3.05, 3.63) is 35.9 Å². The largest absolute Gasteiger partial charge is 0.445 e. The summed E-state index contributed by atoms with van der Waals surface area (Å²) < 4.78 is 10.5. The summed E-state index contributed by atoms with van der Waals surface area (Å²) in [6.07, 6.45) is -0.480. The van der Waals surface area contributed by atoms with E-state index in [1.165, 1.54) is 12.0 Å². The molecule has 1 heterocycles. The number of carbonyl (C=O) groups is 2. The Balaban J connectivity index is 2.05. The van der Waals surface area contributed by atoms with Gasteiger partial charge in [-0.25, -0.2) is 4.79 Å². The first-order chi connectivity index (χ1) is 11.1. The van der Waals surface area contributed by atoms with Gasteiger partial charge in [-0.05, 0) is 19.4 Å². The van der Waals surface area contributed by atoms with Gasteiger partial charge in [-0.1, -0.05) is 30.3 Å². The molecule has 2 amide bonds. The van der Waals surface area contributed by atoms with E-state index in [0.29, 0.717) is 13.1 Å². The van der Waals surface area contributed by atoms with Crippen molar-refractivity contribution in [2.45, 2.75) is 32.5 Å². The molecule has 0 bridgehead atoms. The zero-order valence-electron chi connectivity index (χ0n) is 13.9. The highest BCUT2D eigenvalue weighted by molar-refractivity contribution is 5.87. The predicted octanol–water partition coefficient (Wildman–Crippen LogP) is 1.89. The van der Waals surface area contributed by atoms with Crippen molar-refractivity contribution in [2.75, 3.05) is 26.8 Å². The van der Waals surface area contributed by atoms with Crippen LogP contribution >= 0.6 is 0 Å². The Labute approximate surface area is 137 Å². The van der Waals surface area contributed by atoms with Crippen LogP contribution in [-0.2, 0) is 20.9 Å². The molecule has 0 aliphatic carbocycles. The van der Waals surface area contributed by atoms with E-state index in [2.05, 4.69) is 0 Å². The van der Waals surface area contributed by atoms with Crippen molar-refractivity contribution in [1.82, 2.24) is 9.80 Å². The number of nitrogens with zero attached hydrogens (tertiary/aromatic N) is 2. The number of likely N-dealkylation sites (N-methyl/N-ethyl adjacent to an activating group) is 1. The molecule has 1 aromatic rings. The molecular weight excluding hydrogens is 296 g/mol. The number of amides is 2. The monoisotopic (exact) mass is 320 g/mol. The molecule has 1 aromatic carbocycles. The third-order valence-electron chi connectivity index (χ3n) is 4.04. The molecule has 126 valence electrons. The maximum absolute atomic E-state index is 12.5. The van der Waals surface area contributed by atoms with Gasteiger partial charge in [0.2, 0.25) is 5.91 Å². The van der Waals surface area contributed by atoms with E-state index in [0.717, 1.165) is 5.56 Å². The summed E-state index contributed by atoms with van der Waals surface area (Å²) >= 11 is 0. The zero-order chi connectivity index (χ0) is 16.8. The number of methoxy groups -OCH3 is 1. The van der Waals surface area contributed by atoms with Crippen LogP contribution in [0.25, 0.3) is 0 Å². The highest BCUT2D eigenvalue weighted by Gasteiger charge is 2.41. The molecular formula is C17H24N2O4. The molecule has 2 rings (SSSR count). The molecule has 1 saturated heterocycles. The van der Waals surface area contributed by atoms with Crippen LogP contribution in [0.1, 0.15) is 19.4 Å². The minimum Gasteiger partial charge on any atom is -0.445 e. The first-order valence-corrected chi connectivity index (χ1v) is 7.85. The maximum atomic E-state index is 12.5. The summed E-state index contributed by atoms with van der Waals surface area (Å²) in [6.45, 7) is 5.29. The molecule has 0 saturated carbocycles. The van der Waals surface area contributed by atoms with E-state index in [4.69, 9.17) is 9.47 Å². The van der Waals surface area contributed by atoms with E-state index in [1.54, 1.807) is 4.90 Å². The number of ether oxygens (including phenoxy) is 2. The van der Waals surface area contributed by atoms with Gasteiger partial charge < -0.3 is 14.4 Å². The quantitative estimate of drug-likeness (QED) is 0.831. The molecule has 1 aliphatic rings. The number of carbonyl (C=O) groups excluding carboxylic acids is 2. The average Bonchev–Trinajstić information content (AvgIpc) is 2.56. The third kappa shape index (κ3) is 4.01. The van der Waals surface area contributed by atoms with E-state index < -0.39 is 12.1 Å². The smallest absolute Gasteiger partial charge is 0.410 e. The van der Waals surface area contributed by atoms with Crippen LogP contribution in [0.5, 0.6) is 0 Å². The summed E-state index contributed by atoms with van der Waals surface area (Å²) in [7, 11) is 1.52. The maximum Gasteiger partial charge on any atom is 0.410 e. The molecule has 1 fully saturated rings. The number of hydrogen-bond acceptors (Lipinski definition) is 4. The van der Waals surface area contributed by atoms with Crippen LogP contribution in [0.4, 0.5) is 4.79 Å². The number of rotatable bonds is 5. The van der Waals surface area contributed by atoms with Crippen molar-refractivity contribution in [2.24, 2.45) is 0 Å². The number of benzene rings is 1. The highest BCUT2D eigenvalue weighted by Crippen LogP contribution is 2.18. The lowest BCUT2D eigenvalue weighted by Gasteiger charge is -2.43. The lowest BCUT2D eigenvalue weighted by Crippen LogP contribution is -2.63. The van der Waals surface area contributed by atoms with Crippen LogP contribution in [0.2, 0.25) is 0 Å². The Bertz CT molecular complexity index is 535. The Hall–Kier alpha value is -2.08. The van der Waals surface area contributed by atoms with Crippen molar-refractivity contribution in [3.8, 4) is 0 Å². The third-order valence-corrected chi connectivity index (χ3v) is 4.04. The van der Waals surface area contributed by atoms with Crippen molar-refractivity contribution in [3.63, 3.8) is 0 Å². The summed E-state index contributed by atoms with van der Waals surface area (Å²) in [6, 6.07) is 8.81. The van der Waals surface area contributed by atoms with Crippen LogP contribution in [0.3, 0.4) is 0 Å². The zero-order valence-corrected chi connectivity index (χ0v) is 13.9. The minimum atomic E-state index is -0.626. The van der Waals surface area contributed by atoms with Crippen LogP contribution in [0.15, 0.2) is 30.3 Å². The number of hydrogen-bond donors (Lipinski definition) is 0. The van der Waals surface area contributed by atoms with E-state index in [9.17, 15) is 9.59 Å². The predicted molar refractivity (Wildman–Crippen MR) is 85.8 cm³/mol. The topological polar surface area (TPSA) is 59.1 Å². The normalized spacial score (nSPS) is 21.4. The molecule has 0 N–H and O–H groups in total. The molecule has 0 aromatic heterocycles. The Morgan fingerprint density at radius 2 is 2.00 bits per heavy atom. The standard InChI is InChI=1S/C17H24N2O4/c1-4-18-13(2)10-19(15(12-22-3)16(18)20)17(21)23-11-14-8-6-5-7-9-14/h5-9,13,15H,4,10-12H2,1-3H3. The second kappa shape index (κ2) is 7.97. The summed E-state index contributed by atoms with van der Waals surface area (Å²) in [5.74, 6) is -0.0928. The number of piperazine rings is 1. The SMILES string of the molecule is CCN1C(=O)C(COC)N(C(=O)OCc2ccccc2)CC1C. The Morgan fingerprint density at radius 1 is 1.30 bits per heavy atom. The van der Waals surface area contributed by atoms with Crippen molar-refractivity contribution >= 4 is 12.0 Å². The van der Waals surface area contributed by atoms with Crippen molar-refractivity contribution < 1.29 is 19.1 Å². The van der Waals surface area contributed by atoms with Gasteiger partial charge in [0.25, 0.3) is 0 Å². The first-order valence-electron chi connectivity index (χ1n) is 7.85. The Kier molecular flexibility index (Phi) is 5.98. The lowest BCUT2D eigenvalue weighted by molar-refractivity contribution is -0.146. The van der Waals surface area contributed by atoms with Gasteiger partial charge in [0.15, 0.2) is 0 Å². The van der Waals surface area contributed by atoms with E-state index >= 15 is 0 Å². The fourth-order valence-corrected chi connectivity index (χ4v) is 2.84. The molecule has 6 nitrogen and oxygen atoms in total. The molecule has 1 aliphatic heterocycles. The van der Waals surface area contributed by atoms with Crippen LogP contribution in [-0.4, -0.2) is 60.7 Å². The lowest BCUT2D eigenvalue weighted by atomic mass is 10.1. The fraction of sp³-hybridized carbons (Fsp3) is 0.529. The molecule has 2 atom stereocenters. The van der Waals surface area contributed by atoms with Crippen LogP contribution in [0, 0.1) is 0 Å². The summed E-state index contributed by atoms with van der Waals surface area (Å²) in [4.78, 5) is 28.2. The minimum absolute atomic E-state index is 0.0371. The average molecular weight is 320 g/mol. The molecule has 0 spiro atoms. The van der Waals surface area contributed by atoms with Gasteiger partial charge in [-0.15, -0.1) is 0 Å². The highest BCUT2D eigenvalue weighted by atomic mass is 16.6. The summed E-state index contributed by atoms with van der Waals surface area (Å²) in [5.41, 5.74) is 0.913. The van der Waals surface area contributed by atoms with Gasteiger partial charge in [0.05, 0.1) is 6.61 Å². The van der Waals surface area contributed by atoms with E-state index in [1.807, 2.05) is 44.2 Å². The van der Waals surface area contributed by atoms with Gasteiger partial charge >= 0.3 is 6.09 Å². The van der Waals surface area contributed by atoms with Gasteiger partial charge in [-0.3, -0.25) is 9.69 Å². The Morgan fingerprint density at radius 3 is 2.61 bits per heavy atom. The second-order valence-corrected chi connectivity index (χ2v) is 5.64. The second-order valence-electron chi connectivity index (χ2n) is 5.64. The fourth-order valence-electron chi connectivity index (χ4n) is 2.84. The molecule has 0 radical (unpaired) electrons. The molecule has 23 heavy (non-hydrogen) atoms. The van der Waals surface area contributed by atoms with Gasteiger partial charge in [0, 0.05) is 26.2 Å². The molecule has 2 unspecified atom stereocenters.